The third kappa shape index (κ3) is 5.58. The zero-order chi connectivity index (χ0) is 14.8. The molecule has 108 valence electrons. The summed E-state index contributed by atoms with van der Waals surface area (Å²) in [4.78, 5) is 0. The molecular formula is C18H19NO2. The quantitative estimate of drug-likeness (QED) is 0.676. The maximum absolute atomic E-state index is 8.44. The summed E-state index contributed by atoms with van der Waals surface area (Å²) in [5, 5.41) is 8.44. The lowest BCUT2D eigenvalue weighted by Crippen LogP contribution is -1.98. The van der Waals surface area contributed by atoms with E-state index in [2.05, 4.69) is 6.07 Å². The summed E-state index contributed by atoms with van der Waals surface area (Å²) < 4.78 is 11.3. The van der Waals surface area contributed by atoms with E-state index in [0.29, 0.717) is 19.6 Å². The fourth-order valence-corrected chi connectivity index (χ4v) is 1.87. The molecule has 0 heterocycles. The Morgan fingerprint density at radius 2 is 1.48 bits per heavy atom. The summed E-state index contributed by atoms with van der Waals surface area (Å²) in [5.74, 6) is 1.66. The van der Waals surface area contributed by atoms with Crippen LogP contribution in [0.3, 0.4) is 0 Å². The number of ether oxygens (including phenoxy) is 2. The van der Waals surface area contributed by atoms with Crippen molar-refractivity contribution in [1.29, 1.82) is 5.26 Å². The van der Waals surface area contributed by atoms with Gasteiger partial charge in [0, 0.05) is 6.42 Å². The number of hydrogen-bond donors (Lipinski definition) is 0. The van der Waals surface area contributed by atoms with Crippen LogP contribution < -0.4 is 9.47 Å². The van der Waals surface area contributed by atoms with Gasteiger partial charge in [-0.3, -0.25) is 0 Å². The Balaban J connectivity index is 1.73. The molecule has 0 amide bonds. The van der Waals surface area contributed by atoms with Crippen LogP contribution in [0.1, 0.15) is 24.8 Å². The van der Waals surface area contributed by atoms with E-state index in [1.165, 1.54) is 0 Å². The van der Waals surface area contributed by atoms with Crippen LogP contribution in [0.25, 0.3) is 0 Å². The number of nitrogens with zero attached hydrogens (tertiary/aromatic N) is 1. The highest BCUT2D eigenvalue weighted by Crippen LogP contribution is 2.19. The van der Waals surface area contributed by atoms with Crippen molar-refractivity contribution in [3.63, 3.8) is 0 Å². The van der Waals surface area contributed by atoms with Gasteiger partial charge in [0.05, 0.1) is 12.7 Å². The third-order valence-corrected chi connectivity index (χ3v) is 3.02. The summed E-state index contributed by atoms with van der Waals surface area (Å²) in [5.41, 5.74) is 1.15. The highest BCUT2D eigenvalue weighted by Gasteiger charge is 1.98. The first-order chi connectivity index (χ1) is 10.4. The summed E-state index contributed by atoms with van der Waals surface area (Å²) in [6, 6.07) is 19.8. The van der Waals surface area contributed by atoms with E-state index in [-0.39, 0.29) is 0 Å². The average Bonchev–Trinajstić information content (AvgIpc) is 2.55. The first-order valence-electron chi connectivity index (χ1n) is 7.15. The van der Waals surface area contributed by atoms with E-state index >= 15 is 0 Å². The Bertz CT molecular complexity index is 558. The Kier molecular flexibility index (Phi) is 6.15. The molecule has 2 aromatic rings. The van der Waals surface area contributed by atoms with Gasteiger partial charge in [-0.15, -0.1) is 0 Å². The van der Waals surface area contributed by atoms with Crippen molar-refractivity contribution in [1.82, 2.24) is 0 Å². The molecule has 0 bridgehead atoms. The molecule has 0 spiro atoms. The SMILES string of the molecule is N#CCCCCOc1ccc(OCc2ccccc2)cc1. The number of hydrogen-bond acceptors (Lipinski definition) is 3. The molecule has 0 aliphatic carbocycles. The number of benzene rings is 2. The van der Waals surface area contributed by atoms with E-state index in [4.69, 9.17) is 14.7 Å². The minimum absolute atomic E-state index is 0.565. The first-order valence-corrected chi connectivity index (χ1v) is 7.15. The fourth-order valence-electron chi connectivity index (χ4n) is 1.87. The second-order valence-electron chi connectivity index (χ2n) is 4.71. The van der Waals surface area contributed by atoms with Gasteiger partial charge in [-0.1, -0.05) is 30.3 Å². The van der Waals surface area contributed by atoms with Gasteiger partial charge in [0.25, 0.3) is 0 Å². The maximum atomic E-state index is 8.44. The van der Waals surface area contributed by atoms with E-state index < -0.39 is 0 Å². The van der Waals surface area contributed by atoms with E-state index in [0.717, 1.165) is 29.9 Å². The molecule has 0 aliphatic rings. The van der Waals surface area contributed by atoms with Crippen molar-refractivity contribution in [3.8, 4) is 17.6 Å². The van der Waals surface area contributed by atoms with Gasteiger partial charge in [-0.25, -0.2) is 0 Å². The number of rotatable bonds is 8. The Hall–Kier alpha value is -2.47. The average molecular weight is 281 g/mol. The lowest BCUT2D eigenvalue weighted by molar-refractivity contribution is 0.298. The van der Waals surface area contributed by atoms with Crippen LogP contribution >= 0.6 is 0 Å². The largest absolute Gasteiger partial charge is 0.494 e. The summed E-state index contributed by atoms with van der Waals surface area (Å²) in [6.07, 6.45) is 2.38. The van der Waals surface area contributed by atoms with Gasteiger partial charge in [0.2, 0.25) is 0 Å². The number of nitriles is 1. The molecule has 21 heavy (non-hydrogen) atoms. The monoisotopic (exact) mass is 281 g/mol. The third-order valence-electron chi connectivity index (χ3n) is 3.02. The van der Waals surface area contributed by atoms with Crippen LogP contribution in [0, 0.1) is 11.3 Å². The predicted octanol–water partition coefficient (Wildman–Crippen LogP) is 4.34. The van der Waals surface area contributed by atoms with Crippen LogP contribution in [0.15, 0.2) is 54.6 Å². The first kappa shape index (κ1) is 14.9. The van der Waals surface area contributed by atoms with E-state index in [9.17, 15) is 0 Å². The van der Waals surface area contributed by atoms with E-state index in [1.54, 1.807) is 0 Å². The zero-order valence-corrected chi connectivity index (χ0v) is 12.0. The Morgan fingerprint density at radius 1 is 0.810 bits per heavy atom. The molecule has 0 N–H and O–H groups in total. The van der Waals surface area contributed by atoms with Gasteiger partial charge >= 0.3 is 0 Å². The lowest BCUT2D eigenvalue weighted by atomic mass is 10.2. The zero-order valence-electron chi connectivity index (χ0n) is 12.0. The van der Waals surface area contributed by atoms with E-state index in [1.807, 2.05) is 54.6 Å². The molecule has 0 fully saturated rings. The van der Waals surface area contributed by atoms with Crippen LogP contribution in [0.5, 0.6) is 11.5 Å². The molecule has 0 aromatic heterocycles. The van der Waals surface area contributed by atoms with Gasteiger partial charge in [0.1, 0.15) is 18.1 Å². The van der Waals surface area contributed by atoms with Crippen molar-refractivity contribution in [3.05, 3.63) is 60.2 Å². The predicted molar refractivity (Wildman–Crippen MR) is 82.2 cm³/mol. The lowest BCUT2D eigenvalue weighted by Gasteiger charge is -2.08. The highest BCUT2D eigenvalue weighted by atomic mass is 16.5. The molecule has 0 unspecified atom stereocenters. The van der Waals surface area contributed by atoms with Gasteiger partial charge in [0.15, 0.2) is 0 Å². The van der Waals surface area contributed by atoms with Crippen LogP contribution in [0.2, 0.25) is 0 Å². The molecule has 3 nitrogen and oxygen atoms in total. The smallest absolute Gasteiger partial charge is 0.120 e. The van der Waals surface area contributed by atoms with Gasteiger partial charge < -0.3 is 9.47 Å². The van der Waals surface area contributed by atoms with Crippen LogP contribution in [0.4, 0.5) is 0 Å². The second-order valence-corrected chi connectivity index (χ2v) is 4.71. The van der Waals surface area contributed by atoms with Crippen LogP contribution in [-0.2, 0) is 6.61 Å². The number of unbranched alkanes of at least 4 members (excludes halogenated alkanes) is 2. The van der Waals surface area contributed by atoms with Crippen molar-refractivity contribution < 1.29 is 9.47 Å². The summed E-state index contributed by atoms with van der Waals surface area (Å²) >= 11 is 0. The molecule has 0 aliphatic heterocycles. The summed E-state index contributed by atoms with van der Waals surface area (Å²) in [7, 11) is 0. The summed E-state index contributed by atoms with van der Waals surface area (Å²) in [6.45, 7) is 1.21. The van der Waals surface area contributed by atoms with Crippen molar-refractivity contribution >= 4 is 0 Å². The molecular weight excluding hydrogens is 262 g/mol. The van der Waals surface area contributed by atoms with Crippen molar-refractivity contribution in [2.24, 2.45) is 0 Å². The molecule has 0 saturated carbocycles. The Labute approximate surface area is 125 Å². The topological polar surface area (TPSA) is 42.2 Å². The second kappa shape index (κ2) is 8.65. The molecule has 0 saturated heterocycles. The van der Waals surface area contributed by atoms with Gasteiger partial charge in [-0.05, 0) is 42.7 Å². The minimum Gasteiger partial charge on any atom is -0.494 e. The fraction of sp³-hybridized carbons (Fsp3) is 0.278. The molecule has 2 rings (SSSR count). The molecule has 3 heteroatoms. The van der Waals surface area contributed by atoms with Crippen LogP contribution in [-0.4, -0.2) is 6.61 Å². The molecule has 2 aromatic carbocycles. The minimum atomic E-state index is 0.565. The van der Waals surface area contributed by atoms with Crippen molar-refractivity contribution in [2.45, 2.75) is 25.9 Å². The Morgan fingerprint density at radius 3 is 2.14 bits per heavy atom. The van der Waals surface area contributed by atoms with Crippen molar-refractivity contribution in [2.75, 3.05) is 6.61 Å². The maximum Gasteiger partial charge on any atom is 0.120 e. The standard InChI is InChI=1S/C18H19NO2/c19-13-5-2-6-14-20-17-9-11-18(12-10-17)21-15-16-7-3-1-4-8-16/h1,3-4,7-12H,2,5-6,14-15H2. The molecule has 0 radical (unpaired) electrons. The van der Waals surface area contributed by atoms with Gasteiger partial charge in [-0.2, -0.15) is 5.26 Å². The normalized spacial score (nSPS) is 9.86. The highest BCUT2D eigenvalue weighted by molar-refractivity contribution is 5.31. The molecule has 0 atom stereocenters.